The maximum absolute atomic E-state index is 12.5. The molecule has 102 valence electrons. The van der Waals surface area contributed by atoms with Crippen molar-refractivity contribution in [2.45, 2.75) is 12.8 Å². The van der Waals surface area contributed by atoms with Crippen molar-refractivity contribution in [1.29, 1.82) is 0 Å². The third-order valence-corrected chi connectivity index (χ3v) is 4.61. The Balaban J connectivity index is 1.72. The second kappa shape index (κ2) is 5.47. The van der Waals surface area contributed by atoms with E-state index in [0.29, 0.717) is 10.6 Å². The highest BCUT2D eigenvalue weighted by Crippen LogP contribution is 2.28. The summed E-state index contributed by atoms with van der Waals surface area (Å²) in [4.78, 5) is 18.4. The lowest BCUT2D eigenvalue weighted by Crippen LogP contribution is -2.33. The predicted molar refractivity (Wildman–Crippen MR) is 74.2 cm³/mol. The third-order valence-electron chi connectivity index (χ3n) is 4.31. The van der Waals surface area contributed by atoms with Gasteiger partial charge in [0.25, 0.3) is 5.91 Å². The summed E-state index contributed by atoms with van der Waals surface area (Å²) in [6.45, 7) is 3.87. The molecule has 0 saturated carbocycles. The Morgan fingerprint density at radius 3 is 2.63 bits per heavy atom. The van der Waals surface area contributed by atoms with E-state index in [1.165, 1.54) is 6.20 Å². The molecule has 1 amide bonds. The summed E-state index contributed by atoms with van der Waals surface area (Å²) in [6.07, 6.45) is 5.33. The lowest BCUT2D eigenvalue weighted by Gasteiger charge is -2.21. The highest BCUT2D eigenvalue weighted by molar-refractivity contribution is 6.33. The second-order valence-corrected chi connectivity index (χ2v) is 5.81. The molecule has 3 heterocycles. The van der Waals surface area contributed by atoms with Crippen LogP contribution in [0.2, 0.25) is 5.02 Å². The third kappa shape index (κ3) is 2.60. The first-order valence-electron chi connectivity index (χ1n) is 6.85. The molecule has 19 heavy (non-hydrogen) atoms. The molecule has 4 nitrogen and oxygen atoms in total. The number of fused-ring (bicyclic) bond motifs is 1. The molecule has 1 aromatic heterocycles. The van der Waals surface area contributed by atoms with Crippen molar-refractivity contribution >= 4 is 17.5 Å². The first kappa shape index (κ1) is 12.9. The van der Waals surface area contributed by atoms with Crippen LogP contribution >= 0.6 is 11.6 Å². The van der Waals surface area contributed by atoms with E-state index in [9.17, 15) is 4.79 Å². The summed E-state index contributed by atoms with van der Waals surface area (Å²) in [5.41, 5.74) is 0.571. The minimum Gasteiger partial charge on any atom is -0.339 e. The predicted octanol–water partition coefficient (Wildman–Crippen LogP) is 1.81. The Morgan fingerprint density at radius 1 is 1.32 bits per heavy atom. The van der Waals surface area contributed by atoms with Crippen LogP contribution in [0.1, 0.15) is 23.2 Å². The molecule has 0 unspecified atom stereocenters. The van der Waals surface area contributed by atoms with E-state index in [1.54, 1.807) is 12.3 Å². The van der Waals surface area contributed by atoms with Crippen molar-refractivity contribution in [3.63, 3.8) is 0 Å². The van der Waals surface area contributed by atoms with E-state index in [2.05, 4.69) is 10.3 Å². The van der Waals surface area contributed by atoms with Crippen LogP contribution < -0.4 is 5.32 Å². The minimum absolute atomic E-state index is 0.0420. The van der Waals surface area contributed by atoms with E-state index in [-0.39, 0.29) is 5.91 Å². The quantitative estimate of drug-likeness (QED) is 0.853. The molecule has 2 atom stereocenters. The van der Waals surface area contributed by atoms with Crippen molar-refractivity contribution in [3.8, 4) is 0 Å². The summed E-state index contributed by atoms with van der Waals surface area (Å²) < 4.78 is 0. The summed E-state index contributed by atoms with van der Waals surface area (Å²) >= 11 is 6.05. The fraction of sp³-hybridized carbons (Fsp3) is 0.571. The number of amides is 1. The summed E-state index contributed by atoms with van der Waals surface area (Å²) in [7, 11) is 0. The van der Waals surface area contributed by atoms with E-state index in [4.69, 9.17) is 11.6 Å². The number of hydrogen-bond acceptors (Lipinski definition) is 3. The lowest BCUT2D eigenvalue weighted by molar-refractivity contribution is 0.0758. The van der Waals surface area contributed by atoms with Gasteiger partial charge in [0, 0.05) is 25.5 Å². The molecule has 0 radical (unpaired) electrons. The van der Waals surface area contributed by atoms with E-state index in [0.717, 1.165) is 50.9 Å². The standard InChI is InChI=1S/C14H18ClN3O/c15-13-9-16-4-1-12(13)14(19)18-5-2-10-7-17-8-11(10)3-6-18/h1,4,9-11,17H,2-3,5-8H2/t10-,11+. The molecule has 0 aromatic carbocycles. The van der Waals surface area contributed by atoms with Crippen LogP contribution in [0.5, 0.6) is 0 Å². The van der Waals surface area contributed by atoms with Crippen LogP contribution in [-0.4, -0.2) is 42.0 Å². The topological polar surface area (TPSA) is 45.2 Å². The lowest BCUT2D eigenvalue weighted by atomic mass is 9.92. The molecule has 2 fully saturated rings. The number of aromatic nitrogens is 1. The van der Waals surface area contributed by atoms with Crippen LogP contribution in [0, 0.1) is 11.8 Å². The number of likely N-dealkylation sites (tertiary alicyclic amines) is 1. The Labute approximate surface area is 118 Å². The van der Waals surface area contributed by atoms with Crippen molar-refractivity contribution in [3.05, 3.63) is 29.0 Å². The van der Waals surface area contributed by atoms with Gasteiger partial charge in [0.05, 0.1) is 10.6 Å². The zero-order chi connectivity index (χ0) is 13.2. The van der Waals surface area contributed by atoms with Gasteiger partial charge >= 0.3 is 0 Å². The van der Waals surface area contributed by atoms with E-state index >= 15 is 0 Å². The molecule has 0 bridgehead atoms. The van der Waals surface area contributed by atoms with Crippen molar-refractivity contribution in [1.82, 2.24) is 15.2 Å². The van der Waals surface area contributed by atoms with Crippen LogP contribution in [0.15, 0.2) is 18.5 Å². The Bertz CT molecular complexity index is 466. The fourth-order valence-corrected chi connectivity index (χ4v) is 3.34. The van der Waals surface area contributed by atoms with Gasteiger partial charge in [0.2, 0.25) is 0 Å². The van der Waals surface area contributed by atoms with Gasteiger partial charge < -0.3 is 10.2 Å². The number of pyridine rings is 1. The molecular weight excluding hydrogens is 262 g/mol. The highest BCUT2D eigenvalue weighted by atomic mass is 35.5. The number of hydrogen-bond donors (Lipinski definition) is 1. The molecule has 2 aliphatic heterocycles. The largest absolute Gasteiger partial charge is 0.339 e. The number of carbonyl (C=O) groups is 1. The van der Waals surface area contributed by atoms with Crippen molar-refractivity contribution in [2.24, 2.45) is 11.8 Å². The Morgan fingerprint density at radius 2 is 2.00 bits per heavy atom. The van der Waals surface area contributed by atoms with Gasteiger partial charge in [-0.15, -0.1) is 0 Å². The smallest absolute Gasteiger partial charge is 0.255 e. The number of nitrogens with one attached hydrogen (secondary N) is 1. The summed E-state index contributed by atoms with van der Waals surface area (Å²) in [6, 6.07) is 1.71. The fourth-order valence-electron chi connectivity index (χ4n) is 3.14. The van der Waals surface area contributed by atoms with E-state index in [1.807, 2.05) is 4.90 Å². The van der Waals surface area contributed by atoms with Gasteiger partial charge in [-0.05, 0) is 43.8 Å². The van der Waals surface area contributed by atoms with Gasteiger partial charge in [-0.2, -0.15) is 0 Å². The average molecular weight is 280 g/mol. The van der Waals surface area contributed by atoms with Crippen LogP contribution in [0.25, 0.3) is 0 Å². The van der Waals surface area contributed by atoms with Gasteiger partial charge in [-0.25, -0.2) is 0 Å². The number of halogens is 1. The monoisotopic (exact) mass is 279 g/mol. The van der Waals surface area contributed by atoms with Gasteiger partial charge in [0.15, 0.2) is 0 Å². The first-order valence-corrected chi connectivity index (χ1v) is 7.23. The molecule has 0 aliphatic carbocycles. The van der Waals surface area contributed by atoms with Crippen molar-refractivity contribution < 1.29 is 4.79 Å². The molecule has 1 aromatic rings. The molecule has 2 saturated heterocycles. The summed E-state index contributed by atoms with van der Waals surface area (Å²) in [5, 5.41) is 3.89. The maximum Gasteiger partial charge on any atom is 0.255 e. The molecular formula is C14H18ClN3O. The van der Waals surface area contributed by atoms with Crippen LogP contribution in [0.3, 0.4) is 0 Å². The van der Waals surface area contributed by atoms with Gasteiger partial charge in [-0.1, -0.05) is 11.6 Å². The second-order valence-electron chi connectivity index (χ2n) is 5.40. The van der Waals surface area contributed by atoms with Gasteiger partial charge in [-0.3, -0.25) is 9.78 Å². The summed E-state index contributed by atoms with van der Waals surface area (Å²) in [5.74, 6) is 1.50. The maximum atomic E-state index is 12.5. The number of carbonyl (C=O) groups excluding carboxylic acids is 1. The molecule has 2 aliphatic rings. The Kier molecular flexibility index (Phi) is 3.71. The Hall–Kier alpha value is -1.13. The minimum atomic E-state index is 0.0420. The molecule has 3 rings (SSSR count). The molecule has 0 spiro atoms. The average Bonchev–Trinajstić information content (AvgIpc) is 2.78. The zero-order valence-corrected chi connectivity index (χ0v) is 11.6. The molecule has 1 N–H and O–H groups in total. The first-order chi connectivity index (χ1) is 9.25. The van der Waals surface area contributed by atoms with E-state index < -0.39 is 0 Å². The normalized spacial score (nSPS) is 26.9. The number of nitrogens with zero attached hydrogens (tertiary/aromatic N) is 2. The highest BCUT2D eigenvalue weighted by Gasteiger charge is 2.31. The number of rotatable bonds is 1. The zero-order valence-electron chi connectivity index (χ0n) is 10.8. The van der Waals surface area contributed by atoms with Crippen LogP contribution in [-0.2, 0) is 0 Å². The SMILES string of the molecule is O=C(c1ccncc1Cl)N1CC[C@@H]2CNC[C@@H]2CC1. The molecule has 5 heteroatoms. The van der Waals surface area contributed by atoms with Crippen LogP contribution in [0.4, 0.5) is 0 Å². The van der Waals surface area contributed by atoms with Gasteiger partial charge in [0.1, 0.15) is 0 Å². The van der Waals surface area contributed by atoms with Crippen molar-refractivity contribution in [2.75, 3.05) is 26.2 Å².